The number of hydrogen-bond acceptors (Lipinski definition) is 3. The molecule has 1 unspecified atom stereocenters. The van der Waals surface area contributed by atoms with E-state index in [-0.39, 0.29) is 18.0 Å². The van der Waals surface area contributed by atoms with Gasteiger partial charge in [-0.25, -0.2) is 4.79 Å². The van der Waals surface area contributed by atoms with E-state index in [1.54, 1.807) is 0 Å². The molecule has 0 aromatic heterocycles. The van der Waals surface area contributed by atoms with Crippen LogP contribution in [0, 0.1) is 12.3 Å². The third-order valence-electron chi connectivity index (χ3n) is 3.10. The van der Waals surface area contributed by atoms with Crippen LogP contribution in [0.4, 0.5) is 4.79 Å². The molecule has 0 spiro atoms. The number of benzene rings is 1. The number of urea groups is 1. The van der Waals surface area contributed by atoms with Crippen molar-refractivity contribution in [1.82, 2.24) is 10.6 Å². The first-order chi connectivity index (χ1) is 9.79. The van der Waals surface area contributed by atoms with E-state index in [0.717, 1.165) is 11.3 Å². The van der Waals surface area contributed by atoms with Crippen molar-refractivity contribution in [2.75, 3.05) is 19.7 Å². The fourth-order valence-electron chi connectivity index (χ4n) is 1.60. The summed E-state index contributed by atoms with van der Waals surface area (Å²) >= 11 is 0. The van der Waals surface area contributed by atoms with Crippen LogP contribution in [-0.4, -0.2) is 36.9 Å². The molecule has 1 rings (SSSR count). The van der Waals surface area contributed by atoms with Crippen molar-refractivity contribution in [1.29, 1.82) is 0 Å². The van der Waals surface area contributed by atoms with Gasteiger partial charge in [0.25, 0.3) is 0 Å². The highest BCUT2D eigenvalue weighted by atomic mass is 16.5. The van der Waals surface area contributed by atoms with Crippen molar-refractivity contribution in [2.45, 2.75) is 33.8 Å². The molecule has 0 saturated carbocycles. The first-order valence-electron chi connectivity index (χ1n) is 7.18. The van der Waals surface area contributed by atoms with E-state index in [4.69, 9.17) is 4.74 Å². The van der Waals surface area contributed by atoms with E-state index < -0.39 is 6.10 Å². The molecule has 0 fully saturated rings. The fraction of sp³-hybridized carbons (Fsp3) is 0.562. The van der Waals surface area contributed by atoms with E-state index in [9.17, 15) is 9.90 Å². The molecule has 0 aliphatic carbocycles. The van der Waals surface area contributed by atoms with Gasteiger partial charge >= 0.3 is 6.03 Å². The summed E-state index contributed by atoms with van der Waals surface area (Å²) in [5, 5.41) is 15.1. The van der Waals surface area contributed by atoms with Gasteiger partial charge in [0.15, 0.2) is 0 Å². The molecule has 0 saturated heterocycles. The van der Waals surface area contributed by atoms with Gasteiger partial charge in [-0.15, -0.1) is 0 Å². The number of hydrogen-bond donors (Lipinski definition) is 3. The molecule has 3 N–H and O–H groups in total. The summed E-state index contributed by atoms with van der Waals surface area (Å²) in [5.74, 6) is 0.792. The Kier molecular flexibility index (Phi) is 6.49. The Morgan fingerprint density at radius 1 is 1.33 bits per heavy atom. The molecule has 1 atom stereocenters. The third-order valence-corrected chi connectivity index (χ3v) is 3.10. The number of carbonyl (C=O) groups excluding carboxylic acids is 1. The van der Waals surface area contributed by atoms with Crippen molar-refractivity contribution in [2.24, 2.45) is 5.41 Å². The Morgan fingerprint density at radius 2 is 2.05 bits per heavy atom. The molecule has 0 radical (unpaired) electrons. The summed E-state index contributed by atoms with van der Waals surface area (Å²) in [5.41, 5.74) is 0.885. The van der Waals surface area contributed by atoms with Gasteiger partial charge in [-0.2, -0.15) is 0 Å². The quantitative estimate of drug-likeness (QED) is 0.704. The van der Waals surface area contributed by atoms with Crippen molar-refractivity contribution in [3.63, 3.8) is 0 Å². The molecule has 5 nitrogen and oxygen atoms in total. The van der Waals surface area contributed by atoms with E-state index in [1.165, 1.54) is 0 Å². The average molecular weight is 294 g/mol. The van der Waals surface area contributed by atoms with Gasteiger partial charge in [-0.1, -0.05) is 32.9 Å². The van der Waals surface area contributed by atoms with Gasteiger partial charge in [0, 0.05) is 6.54 Å². The number of nitrogens with one attached hydrogen (secondary N) is 2. The van der Waals surface area contributed by atoms with E-state index in [2.05, 4.69) is 10.6 Å². The van der Waals surface area contributed by atoms with Crippen LogP contribution < -0.4 is 15.4 Å². The molecule has 0 bridgehead atoms. The van der Waals surface area contributed by atoms with Crippen LogP contribution in [-0.2, 0) is 0 Å². The van der Waals surface area contributed by atoms with Crippen LogP contribution in [0.25, 0.3) is 0 Å². The Bertz CT molecular complexity index is 455. The molecule has 1 aromatic carbocycles. The van der Waals surface area contributed by atoms with E-state index in [1.807, 2.05) is 52.0 Å². The second-order valence-corrected chi connectivity index (χ2v) is 6.18. The van der Waals surface area contributed by atoms with Gasteiger partial charge in [0.1, 0.15) is 12.4 Å². The van der Waals surface area contributed by atoms with Crippen molar-refractivity contribution in [3.05, 3.63) is 29.8 Å². The zero-order chi connectivity index (χ0) is 15.9. The Balaban J connectivity index is 2.16. The molecule has 21 heavy (non-hydrogen) atoms. The third kappa shape index (κ3) is 6.99. The number of aliphatic hydroxyl groups excluding tert-OH is 1. The smallest absolute Gasteiger partial charge is 0.315 e. The molecule has 0 aliphatic rings. The number of aryl methyl sites for hydroxylation is 1. The SMILES string of the molecule is Cc1cccc(OCCNC(=O)NCC(O)C(C)(C)C)c1. The minimum atomic E-state index is -0.577. The van der Waals surface area contributed by atoms with Gasteiger partial charge < -0.3 is 20.5 Å². The summed E-state index contributed by atoms with van der Waals surface area (Å²) in [7, 11) is 0. The number of rotatable bonds is 6. The van der Waals surface area contributed by atoms with E-state index in [0.29, 0.717) is 13.2 Å². The number of amides is 2. The molecular formula is C16H26N2O3. The van der Waals surface area contributed by atoms with Crippen molar-refractivity contribution in [3.8, 4) is 5.75 Å². The lowest BCUT2D eigenvalue weighted by Gasteiger charge is -2.25. The second kappa shape index (κ2) is 7.88. The summed E-state index contributed by atoms with van der Waals surface area (Å²) in [6.45, 7) is 8.81. The van der Waals surface area contributed by atoms with Crippen LogP contribution in [0.5, 0.6) is 5.75 Å². The second-order valence-electron chi connectivity index (χ2n) is 6.18. The van der Waals surface area contributed by atoms with Crippen LogP contribution in [0.3, 0.4) is 0 Å². The number of aliphatic hydroxyl groups is 1. The van der Waals surface area contributed by atoms with Crippen molar-refractivity contribution < 1.29 is 14.6 Å². The van der Waals surface area contributed by atoms with Gasteiger partial charge in [-0.05, 0) is 30.0 Å². The topological polar surface area (TPSA) is 70.6 Å². The minimum absolute atomic E-state index is 0.230. The zero-order valence-corrected chi connectivity index (χ0v) is 13.3. The summed E-state index contributed by atoms with van der Waals surface area (Å²) in [6, 6.07) is 7.45. The Morgan fingerprint density at radius 3 is 2.67 bits per heavy atom. The maximum atomic E-state index is 11.6. The highest BCUT2D eigenvalue weighted by Gasteiger charge is 2.22. The summed E-state index contributed by atoms with van der Waals surface area (Å²) in [4.78, 5) is 11.6. The van der Waals surface area contributed by atoms with Gasteiger partial charge in [0.2, 0.25) is 0 Å². The number of ether oxygens (including phenoxy) is 1. The van der Waals surface area contributed by atoms with Gasteiger partial charge in [-0.3, -0.25) is 0 Å². The Hall–Kier alpha value is -1.75. The first-order valence-corrected chi connectivity index (χ1v) is 7.18. The first kappa shape index (κ1) is 17.3. The van der Waals surface area contributed by atoms with Gasteiger partial charge in [0.05, 0.1) is 12.6 Å². The van der Waals surface area contributed by atoms with E-state index >= 15 is 0 Å². The Labute approximate surface area is 126 Å². The predicted molar refractivity (Wildman–Crippen MR) is 83.5 cm³/mol. The zero-order valence-electron chi connectivity index (χ0n) is 13.3. The highest BCUT2D eigenvalue weighted by Crippen LogP contribution is 2.17. The lowest BCUT2D eigenvalue weighted by molar-refractivity contribution is 0.0649. The molecule has 2 amide bonds. The summed E-state index contributed by atoms with van der Waals surface area (Å²) < 4.78 is 5.53. The maximum Gasteiger partial charge on any atom is 0.315 e. The van der Waals surface area contributed by atoms with Crippen LogP contribution in [0.1, 0.15) is 26.3 Å². The standard InChI is InChI=1S/C16H26N2O3/c1-12-6-5-7-13(10-12)21-9-8-17-15(20)18-11-14(19)16(2,3)4/h5-7,10,14,19H,8-9,11H2,1-4H3,(H2,17,18,20). The lowest BCUT2D eigenvalue weighted by atomic mass is 9.89. The maximum absolute atomic E-state index is 11.6. The minimum Gasteiger partial charge on any atom is -0.492 e. The molecule has 0 aliphatic heterocycles. The number of carbonyl (C=O) groups is 1. The fourth-order valence-corrected chi connectivity index (χ4v) is 1.60. The van der Waals surface area contributed by atoms with Crippen LogP contribution in [0.15, 0.2) is 24.3 Å². The average Bonchev–Trinajstić information content (AvgIpc) is 2.40. The van der Waals surface area contributed by atoms with Crippen LogP contribution in [0.2, 0.25) is 0 Å². The largest absolute Gasteiger partial charge is 0.492 e. The van der Waals surface area contributed by atoms with Crippen LogP contribution >= 0.6 is 0 Å². The summed E-state index contributed by atoms with van der Waals surface area (Å²) in [6.07, 6.45) is -0.577. The monoisotopic (exact) mass is 294 g/mol. The molecule has 1 aromatic rings. The normalized spacial score (nSPS) is 12.6. The predicted octanol–water partition coefficient (Wildman–Crippen LogP) is 2.08. The molecule has 5 heteroatoms. The molecule has 118 valence electrons. The lowest BCUT2D eigenvalue weighted by Crippen LogP contribution is -2.44. The highest BCUT2D eigenvalue weighted by molar-refractivity contribution is 5.73. The molecule has 0 heterocycles. The molecular weight excluding hydrogens is 268 g/mol. The van der Waals surface area contributed by atoms with Crippen molar-refractivity contribution >= 4 is 6.03 Å².